The predicted octanol–water partition coefficient (Wildman–Crippen LogP) is 0.274. The van der Waals surface area contributed by atoms with E-state index in [-0.39, 0.29) is 0 Å². The molecule has 0 aromatic rings. The first-order valence-corrected chi connectivity index (χ1v) is 7.36. The summed E-state index contributed by atoms with van der Waals surface area (Å²) in [5.41, 5.74) is 0. The highest BCUT2D eigenvalue weighted by Crippen LogP contribution is 2.25. The molecule has 0 aliphatic carbocycles. The van der Waals surface area contributed by atoms with Crippen molar-refractivity contribution in [1.29, 1.82) is 0 Å². The molecular weight excluding hydrogens is 238 g/mol. The van der Waals surface area contributed by atoms with Gasteiger partial charge in [-0.15, -0.1) is 0 Å². The molecule has 2 N–H and O–H groups in total. The monoisotopic (exact) mass is 253 g/mol. The van der Waals surface area contributed by atoms with E-state index < -0.39 is 21.2 Å². The summed E-state index contributed by atoms with van der Waals surface area (Å²) in [4.78, 5) is 10.5. The molecule has 2 unspecified atom stereocenters. The first-order chi connectivity index (χ1) is 6.93. The van der Waals surface area contributed by atoms with Gasteiger partial charge in [-0.2, -0.15) is 11.8 Å². The van der Waals surface area contributed by atoms with Crippen LogP contribution >= 0.6 is 11.8 Å². The number of carboxylic acid groups (broad SMARTS) is 1. The van der Waals surface area contributed by atoms with Crippen molar-refractivity contribution in [2.45, 2.75) is 30.3 Å². The van der Waals surface area contributed by atoms with Crippen molar-refractivity contribution >= 4 is 27.8 Å². The van der Waals surface area contributed by atoms with Crippen molar-refractivity contribution in [3.63, 3.8) is 0 Å². The minimum atomic E-state index is -3.71. The Balaban J connectivity index is 2.45. The second-order valence-electron chi connectivity index (χ2n) is 3.51. The standard InChI is InChI=1S/C8H15NO4S2/c1-6(8(10)11)15(12,13)9-5-7-3-2-4-14-7/h6-7,9H,2-5H2,1H3,(H,10,11). The smallest absolute Gasteiger partial charge is 0.323 e. The zero-order valence-electron chi connectivity index (χ0n) is 8.47. The molecule has 1 saturated heterocycles. The van der Waals surface area contributed by atoms with Crippen LogP contribution in [0, 0.1) is 0 Å². The number of rotatable bonds is 5. The van der Waals surface area contributed by atoms with Crippen LogP contribution < -0.4 is 4.72 Å². The summed E-state index contributed by atoms with van der Waals surface area (Å²) < 4.78 is 25.2. The van der Waals surface area contributed by atoms with E-state index in [1.165, 1.54) is 6.92 Å². The molecule has 0 aromatic heterocycles. The summed E-state index contributed by atoms with van der Waals surface area (Å²) in [7, 11) is -3.71. The topological polar surface area (TPSA) is 83.5 Å². The Morgan fingerprint density at radius 1 is 1.67 bits per heavy atom. The van der Waals surface area contributed by atoms with E-state index in [4.69, 9.17) is 5.11 Å². The Kier molecular flexibility index (Phi) is 4.42. The van der Waals surface area contributed by atoms with Crippen molar-refractivity contribution in [1.82, 2.24) is 4.72 Å². The minimum Gasteiger partial charge on any atom is -0.480 e. The zero-order valence-corrected chi connectivity index (χ0v) is 10.1. The third-order valence-corrected chi connectivity index (χ3v) is 5.45. The van der Waals surface area contributed by atoms with E-state index in [2.05, 4.69) is 4.72 Å². The molecule has 1 aliphatic heterocycles. The number of nitrogens with one attached hydrogen (secondary N) is 1. The SMILES string of the molecule is CC(C(=O)O)S(=O)(=O)NCC1CCCS1. The van der Waals surface area contributed by atoms with Gasteiger partial charge in [0.2, 0.25) is 10.0 Å². The maximum absolute atomic E-state index is 11.4. The van der Waals surface area contributed by atoms with Gasteiger partial charge in [0.1, 0.15) is 0 Å². The summed E-state index contributed by atoms with van der Waals surface area (Å²) in [6.45, 7) is 1.51. The van der Waals surface area contributed by atoms with Crippen molar-refractivity contribution in [2.75, 3.05) is 12.3 Å². The van der Waals surface area contributed by atoms with Gasteiger partial charge in [-0.1, -0.05) is 0 Å². The zero-order chi connectivity index (χ0) is 11.5. The van der Waals surface area contributed by atoms with Gasteiger partial charge < -0.3 is 5.11 Å². The van der Waals surface area contributed by atoms with Gasteiger partial charge in [-0.3, -0.25) is 4.79 Å². The lowest BCUT2D eigenvalue weighted by molar-refractivity contribution is -0.136. The van der Waals surface area contributed by atoms with E-state index in [1.54, 1.807) is 11.8 Å². The maximum Gasteiger partial charge on any atom is 0.323 e. The quantitative estimate of drug-likeness (QED) is 0.735. The summed E-state index contributed by atoms with van der Waals surface area (Å²) >= 11 is 1.73. The summed E-state index contributed by atoms with van der Waals surface area (Å²) in [5, 5.41) is 7.49. The number of carbonyl (C=O) groups is 1. The molecule has 0 amide bonds. The van der Waals surface area contributed by atoms with E-state index in [0.717, 1.165) is 18.6 Å². The van der Waals surface area contributed by atoms with Gasteiger partial charge in [0.05, 0.1) is 0 Å². The second-order valence-corrected chi connectivity index (χ2v) is 7.00. The lowest BCUT2D eigenvalue weighted by Crippen LogP contribution is -2.39. The number of carboxylic acids is 1. The Bertz CT molecular complexity index is 322. The van der Waals surface area contributed by atoms with Crippen LogP contribution in [0.4, 0.5) is 0 Å². The Morgan fingerprint density at radius 3 is 2.80 bits per heavy atom. The fourth-order valence-corrected chi connectivity index (χ4v) is 3.53. The highest BCUT2D eigenvalue weighted by molar-refractivity contribution is 8.00. The molecule has 0 spiro atoms. The van der Waals surface area contributed by atoms with E-state index >= 15 is 0 Å². The molecule has 2 atom stereocenters. The lowest BCUT2D eigenvalue weighted by Gasteiger charge is -2.12. The summed E-state index contributed by atoms with van der Waals surface area (Å²) in [6.07, 6.45) is 2.10. The average molecular weight is 253 g/mol. The number of hydrogen-bond donors (Lipinski definition) is 2. The van der Waals surface area contributed by atoms with Crippen molar-refractivity contribution in [2.24, 2.45) is 0 Å². The number of thioether (sulfide) groups is 1. The molecule has 1 heterocycles. The predicted molar refractivity (Wildman–Crippen MR) is 59.5 cm³/mol. The van der Waals surface area contributed by atoms with Gasteiger partial charge in [-0.25, -0.2) is 13.1 Å². The molecule has 0 saturated carbocycles. The van der Waals surface area contributed by atoms with E-state index in [9.17, 15) is 13.2 Å². The Hall–Kier alpha value is -0.270. The van der Waals surface area contributed by atoms with Crippen LogP contribution in [0.3, 0.4) is 0 Å². The number of hydrogen-bond acceptors (Lipinski definition) is 4. The third kappa shape index (κ3) is 3.66. The average Bonchev–Trinajstić information content (AvgIpc) is 2.66. The molecule has 1 aliphatic rings. The lowest BCUT2D eigenvalue weighted by atomic mass is 10.2. The van der Waals surface area contributed by atoms with Gasteiger partial charge in [0.15, 0.2) is 5.25 Å². The molecule has 5 nitrogen and oxygen atoms in total. The van der Waals surface area contributed by atoms with Crippen LogP contribution in [0.2, 0.25) is 0 Å². The second kappa shape index (κ2) is 5.18. The molecule has 0 radical (unpaired) electrons. The van der Waals surface area contributed by atoms with Crippen molar-refractivity contribution in [3.05, 3.63) is 0 Å². The van der Waals surface area contributed by atoms with Crippen LogP contribution in [0.5, 0.6) is 0 Å². The van der Waals surface area contributed by atoms with Gasteiger partial charge in [-0.05, 0) is 25.5 Å². The molecule has 88 valence electrons. The molecule has 1 fully saturated rings. The highest BCUT2D eigenvalue weighted by Gasteiger charge is 2.28. The third-order valence-electron chi connectivity index (χ3n) is 2.35. The van der Waals surface area contributed by atoms with Crippen molar-refractivity contribution in [3.8, 4) is 0 Å². The Labute approximate surface area is 93.7 Å². The fraction of sp³-hybridized carbons (Fsp3) is 0.875. The molecule has 0 bridgehead atoms. The van der Waals surface area contributed by atoms with Gasteiger partial charge >= 0.3 is 5.97 Å². The highest BCUT2D eigenvalue weighted by atomic mass is 32.2. The summed E-state index contributed by atoms with van der Waals surface area (Å²) in [5.74, 6) is -0.262. The molecular formula is C8H15NO4S2. The summed E-state index contributed by atoms with van der Waals surface area (Å²) in [6, 6.07) is 0. The van der Waals surface area contributed by atoms with Crippen LogP contribution in [0.25, 0.3) is 0 Å². The molecule has 15 heavy (non-hydrogen) atoms. The molecule has 7 heteroatoms. The first-order valence-electron chi connectivity index (χ1n) is 4.76. The minimum absolute atomic E-state index is 0.292. The normalized spacial score (nSPS) is 23.9. The fourth-order valence-electron chi connectivity index (χ4n) is 1.27. The first kappa shape index (κ1) is 12.8. The van der Waals surface area contributed by atoms with E-state index in [1.807, 2.05) is 0 Å². The largest absolute Gasteiger partial charge is 0.480 e. The Morgan fingerprint density at radius 2 is 2.33 bits per heavy atom. The van der Waals surface area contributed by atoms with Crippen LogP contribution in [-0.2, 0) is 14.8 Å². The van der Waals surface area contributed by atoms with Crippen molar-refractivity contribution < 1.29 is 18.3 Å². The van der Waals surface area contributed by atoms with Gasteiger partial charge in [0.25, 0.3) is 0 Å². The van der Waals surface area contributed by atoms with Crippen LogP contribution in [-0.4, -0.2) is 42.3 Å². The van der Waals surface area contributed by atoms with Crippen LogP contribution in [0.15, 0.2) is 0 Å². The number of aliphatic carboxylic acids is 1. The van der Waals surface area contributed by atoms with Crippen LogP contribution in [0.1, 0.15) is 19.8 Å². The van der Waals surface area contributed by atoms with Gasteiger partial charge in [0, 0.05) is 11.8 Å². The van der Waals surface area contributed by atoms with E-state index in [0.29, 0.717) is 11.8 Å². The number of sulfonamides is 1. The molecule has 0 aromatic carbocycles. The molecule has 1 rings (SSSR count). The maximum atomic E-state index is 11.4.